The van der Waals surface area contributed by atoms with Crippen LogP contribution in [0.3, 0.4) is 0 Å². The molecule has 0 N–H and O–H groups in total. The first kappa shape index (κ1) is 13.1. The topological polar surface area (TPSA) is 39.2 Å². The van der Waals surface area contributed by atoms with Crippen molar-refractivity contribution in [3.8, 4) is 10.4 Å². The van der Waals surface area contributed by atoms with Crippen LogP contribution in [0.2, 0.25) is 5.02 Å². The van der Waals surface area contributed by atoms with Crippen LogP contribution in [0.25, 0.3) is 10.4 Å². The normalized spacial score (nSPS) is 10.4. The van der Waals surface area contributed by atoms with Gasteiger partial charge in [0.1, 0.15) is 0 Å². The largest absolute Gasteiger partial charge is 0.464 e. The van der Waals surface area contributed by atoms with Crippen molar-refractivity contribution >= 4 is 28.9 Å². The van der Waals surface area contributed by atoms with Crippen molar-refractivity contribution in [3.63, 3.8) is 0 Å². The number of hydrogen-bond donors (Lipinski definition) is 0. The van der Waals surface area contributed by atoms with Crippen molar-refractivity contribution in [2.24, 2.45) is 0 Å². The lowest BCUT2D eigenvalue weighted by Crippen LogP contribution is -2.03. The molecular formula is C13H12ClNO2S. The molecule has 3 nitrogen and oxygen atoms in total. The lowest BCUT2D eigenvalue weighted by Gasteiger charge is -2.03. The van der Waals surface area contributed by atoms with Crippen LogP contribution in [0.15, 0.2) is 18.2 Å². The zero-order valence-electron chi connectivity index (χ0n) is 10.3. The number of carbonyl (C=O) groups excluding carboxylic acids is 1. The highest BCUT2D eigenvalue weighted by Crippen LogP contribution is 2.33. The summed E-state index contributed by atoms with van der Waals surface area (Å²) in [6, 6.07) is 5.70. The minimum Gasteiger partial charge on any atom is -0.464 e. The Morgan fingerprint density at radius 3 is 2.72 bits per heavy atom. The molecule has 2 rings (SSSR count). The van der Waals surface area contributed by atoms with E-state index in [4.69, 9.17) is 16.3 Å². The molecule has 0 saturated carbocycles. The van der Waals surface area contributed by atoms with Crippen molar-refractivity contribution in [3.05, 3.63) is 39.5 Å². The molecule has 0 unspecified atom stereocenters. The summed E-state index contributed by atoms with van der Waals surface area (Å²) in [4.78, 5) is 16.7. The molecule has 1 aromatic carbocycles. The van der Waals surface area contributed by atoms with E-state index >= 15 is 0 Å². The van der Waals surface area contributed by atoms with E-state index in [0.29, 0.717) is 10.7 Å². The van der Waals surface area contributed by atoms with E-state index in [1.807, 2.05) is 32.0 Å². The van der Waals surface area contributed by atoms with Crippen LogP contribution < -0.4 is 0 Å². The van der Waals surface area contributed by atoms with E-state index in [1.165, 1.54) is 18.4 Å². The van der Waals surface area contributed by atoms with Crippen LogP contribution in [0.4, 0.5) is 0 Å². The Hall–Kier alpha value is -1.39. The third kappa shape index (κ3) is 2.40. The van der Waals surface area contributed by atoms with Crippen LogP contribution in [0, 0.1) is 13.8 Å². The SMILES string of the molecule is COC(=O)c1nc(C)sc1-c1ccc(C)c(Cl)c1. The number of aryl methyl sites for hydroxylation is 2. The van der Waals surface area contributed by atoms with Gasteiger partial charge in [0.15, 0.2) is 5.69 Å². The smallest absolute Gasteiger partial charge is 0.358 e. The molecule has 1 aromatic heterocycles. The van der Waals surface area contributed by atoms with Gasteiger partial charge >= 0.3 is 5.97 Å². The van der Waals surface area contributed by atoms with Crippen LogP contribution in [0.5, 0.6) is 0 Å². The van der Waals surface area contributed by atoms with Gasteiger partial charge < -0.3 is 4.74 Å². The first-order chi connectivity index (χ1) is 8.52. The Morgan fingerprint density at radius 2 is 2.11 bits per heavy atom. The summed E-state index contributed by atoms with van der Waals surface area (Å²) in [6.45, 7) is 3.79. The van der Waals surface area contributed by atoms with Gasteiger partial charge in [-0.25, -0.2) is 9.78 Å². The van der Waals surface area contributed by atoms with Gasteiger partial charge in [0, 0.05) is 5.02 Å². The molecule has 0 amide bonds. The number of aromatic nitrogens is 1. The Bertz CT molecular complexity index is 607. The fourth-order valence-electron chi connectivity index (χ4n) is 1.59. The fraction of sp³-hybridized carbons (Fsp3) is 0.231. The van der Waals surface area contributed by atoms with Gasteiger partial charge in [0.2, 0.25) is 0 Å². The van der Waals surface area contributed by atoms with Gasteiger partial charge in [-0.1, -0.05) is 23.7 Å². The van der Waals surface area contributed by atoms with Crippen LogP contribution in [-0.4, -0.2) is 18.1 Å². The van der Waals surface area contributed by atoms with E-state index in [9.17, 15) is 4.79 Å². The first-order valence-electron chi connectivity index (χ1n) is 5.35. The summed E-state index contributed by atoms with van der Waals surface area (Å²) >= 11 is 7.56. The van der Waals surface area contributed by atoms with E-state index in [2.05, 4.69) is 4.98 Å². The molecule has 1 heterocycles. The van der Waals surface area contributed by atoms with Crippen molar-refractivity contribution in [2.75, 3.05) is 7.11 Å². The second-order valence-electron chi connectivity index (χ2n) is 3.87. The lowest BCUT2D eigenvalue weighted by molar-refractivity contribution is 0.0595. The molecule has 2 aromatic rings. The van der Waals surface area contributed by atoms with Crippen molar-refractivity contribution in [2.45, 2.75) is 13.8 Å². The van der Waals surface area contributed by atoms with Gasteiger partial charge in [0.25, 0.3) is 0 Å². The molecule has 94 valence electrons. The van der Waals surface area contributed by atoms with Crippen molar-refractivity contribution < 1.29 is 9.53 Å². The predicted molar refractivity (Wildman–Crippen MR) is 73.4 cm³/mol. The summed E-state index contributed by atoms with van der Waals surface area (Å²) in [5.74, 6) is -0.425. The number of ether oxygens (including phenoxy) is 1. The second-order valence-corrected chi connectivity index (χ2v) is 5.48. The second kappa shape index (κ2) is 5.08. The van der Waals surface area contributed by atoms with Gasteiger partial charge in [-0.05, 0) is 31.0 Å². The van der Waals surface area contributed by atoms with Gasteiger partial charge in [-0.15, -0.1) is 11.3 Å². The molecule has 5 heteroatoms. The third-order valence-electron chi connectivity index (χ3n) is 2.55. The number of carbonyl (C=O) groups is 1. The third-order valence-corrected chi connectivity index (χ3v) is 3.97. The fourth-order valence-corrected chi connectivity index (χ4v) is 2.68. The maximum atomic E-state index is 11.7. The standard InChI is InChI=1S/C13H12ClNO2S/c1-7-4-5-9(6-10(7)14)12-11(13(16)17-3)15-8(2)18-12/h4-6H,1-3H3. The molecule has 0 bridgehead atoms. The van der Waals surface area contributed by atoms with Crippen LogP contribution in [-0.2, 0) is 4.74 Å². The Kier molecular flexibility index (Phi) is 3.68. The minimum absolute atomic E-state index is 0.347. The minimum atomic E-state index is -0.425. The Labute approximate surface area is 114 Å². The number of hydrogen-bond acceptors (Lipinski definition) is 4. The zero-order valence-corrected chi connectivity index (χ0v) is 11.9. The average molecular weight is 282 g/mol. The summed E-state index contributed by atoms with van der Waals surface area (Å²) in [7, 11) is 1.35. The Balaban J connectivity index is 2.56. The summed E-state index contributed by atoms with van der Waals surface area (Å²) in [6.07, 6.45) is 0. The molecule has 0 radical (unpaired) electrons. The molecular weight excluding hydrogens is 270 g/mol. The van der Waals surface area contributed by atoms with Gasteiger partial charge in [-0.2, -0.15) is 0 Å². The molecule has 0 aliphatic rings. The van der Waals surface area contributed by atoms with Crippen molar-refractivity contribution in [1.29, 1.82) is 0 Å². The molecule has 0 fully saturated rings. The first-order valence-corrected chi connectivity index (χ1v) is 6.54. The van der Waals surface area contributed by atoms with Crippen molar-refractivity contribution in [1.82, 2.24) is 4.98 Å². The molecule has 0 aliphatic heterocycles. The van der Waals surface area contributed by atoms with E-state index < -0.39 is 5.97 Å². The predicted octanol–water partition coefficient (Wildman–Crippen LogP) is 3.87. The summed E-state index contributed by atoms with van der Waals surface area (Å²) < 4.78 is 4.74. The maximum Gasteiger partial charge on any atom is 0.358 e. The molecule has 0 atom stereocenters. The maximum absolute atomic E-state index is 11.7. The summed E-state index contributed by atoms with van der Waals surface area (Å²) in [5.41, 5.74) is 2.23. The number of esters is 1. The summed E-state index contributed by atoms with van der Waals surface area (Å²) in [5, 5.41) is 1.50. The molecule has 18 heavy (non-hydrogen) atoms. The van der Waals surface area contributed by atoms with Gasteiger partial charge in [-0.3, -0.25) is 0 Å². The number of benzene rings is 1. The number of halogens is 1. The number of nitrogens with zero attached hydrogens (tertiary/aromatic N) is 1. The van der Waals surface area contributed by atoms with Crippen LogP contribution >= 0.6 is 22.9 Å². The van der Waals surface area contributed by atoms with E-state index in [0.717, 1.165) is 21.0 Å². The molecule has 0 saturated heterocycles. The average Bonchev–Trinajstić information content (AvgIpc) is 2.74. The molecule has 0 aliphatic carbocycles. The quantitative estimate of drug-likeness (QED) is 0.785. The van der Waals surface area contributed by atoms with Gasteiger partial charge in [0.05, 0.1) is 17.0 Å². The lowest BCUT2D eigenvalue weighted by atomic mass is 10.1. The van der Waals surface area contributed by atoms with Crippen LogP contribution in [0.1, 0.15) is 21.1 Å². The van der Waals surface area contributed by atoms with E-state index in [1.54, 1.807) is 0 Å². The number of methoxy groups -OCH3 is 1. The van der Waals surface area contributed by atoms with E-state index in [-0.39, 0.29) is 0 Å². The highest BCUT2D eigenvalue weighted by atomic mass is 35.5. The highest BCUT2D eigenvalue weighted by molar-refractivity contribution is 7.15. The highest BCUT2D eigenvalue weighted by Gasteiger charge is 2.19. The molecule has 0 spiro atoms. The monoisotopic (exact) mass is 281 g/mol. The Morgan fingerprint density at radius 1 is 1.39 bits per heavy atom. The number of thiazole rings is 1. The number of rotatable bonds is 2. The zero-order chi connectivity index (χ0) is 13.3.